The van der Waals surface area contributed by atoms with E-state index in [2.05, 4.69) is 0 Å². The van der Waals surface area contributed by atoms with Gasteiger partial charge in [0, 0.05) is 34.3 Å². The molecule has 0 radical (unpaired) electrons. The molecule has 4 heteroatoms. The van der Waals surface area contributed by atoms with Gasteiger partial charge in [0.15, 0.2) is 0 Å². The van der Waals surface area contributed by atoms with Crippen LogP contribution in [0.5, 0.6) is 0 Å². The highest BCUT2D eigenvalue weighted by Gasteiger charge is 2.15. The molecule has 88 valence electrons. The van der Waals surface area contributed by atoms with Crippen molar-refractivity contribution >= 4 is 44.5 Å². The van der Waals surface area contributed by atoms with E-state index in [4.69, 9.17) is 20.3 Å². The Kier molecular flexibility index (Phi) is 1.56. The van der Waals surface area contributed by atoms with Gasteiger partial charge < -0.3 is 20.3 Å². The van der Waals surface area contributed by atoms with E-state index in [9.17, 15) is 0 Å². The molecule has 0 amide bonds. The second-order valence-corrected chi connectivity index (χ2v) is 4.38. The minimum Gasteiger partial charge on any atom is -0.425 e. The van der Waals surface area contributed by atoms with Crippen molar-refractivity contribution in [2.45, 2.75) is 0 Å². The summed E-state index contributed by atoms with van der Waals surface area (Å²) in [6.07, 6.45) is 0. The van der Waals surface area contributed by atoms with Gasteiger partial charge >= 0.3 is 0 Å². The van der Waals surface area contributed by atoms with Crippen LogP contribution in [0.3, 0.4) is 0 Å². The normalized spacial score (nSPS) is 11.8. The van der Waals surface area contributed by atoms with Crippen molar-refractivity contribution in [3.8, 4) is 0 Å². The Morgan fingerprint density at radius 3 is 1.72 bits per heavy atom. The van der Waals surface area contributed by atoms with Crippen molar-refractivity contribution in [1.29, 1.82) is 0 Å². The van der Waals surface area contributed by atoms with Crippen LogP contribution in [0.2, 0.25) is 0 Å². The maximum absolute atomic E-state index is 5.74. The molecule has 2 heterocycles. The van der Waals surface area contributed by atoms with E-state index >= 15 is 0 Å². The first-order chi connectivity index (χ1) is 8.72. The van der Waals surface area contributed by atoms with Crippen LogP contribution in [-0.2, 0) is 0 Å². The molecule has 4 nitrogen and oxygen atoms in total. The predicted molar refractivity (Wildman–Crippen MR) is 72.3 cm³/mol. The van der Waals surface area contributed by atoms with Gasteiger partial charge in [-0.25, -0.2) is 0 Å². The summed E-state index contributed by atoms with van der Waals surface area (Å²) in [6.45, 7) is 0. The molecule has 18 heavy (non-hydrogen) atoms. The number of fused-ring (bicyclic) bond motifs is 5. The van der Waals surface area contributed by atoms with E-state index in [1.54, 1.807) is 12.1 Å². The van der Waals surface area contributed by atoms with Crippen LogP contribution in [0, 0.1) is 0 Å². The van der Waals surface area contributed by atoms with Crippen molar-refractivity contribution in [3.63, 3.8) is 0 Å². The average molecular weight is 238 g/mol. The maximum atomic E-state index is 5.74. The molecular formula is C14H10N2O2. The molecule has 0 unspecified atom stereocenters. The zero-order valence-corrected chi connectivity index (χ0v) is 9.44. The highest BCUT2D eigenvalue weighted by molar-refractivity contribution is 6.17. The first-order valence-corrected chi connectivity index (χ1v) is 5.62. The third-order valence-electron chi connectivity index (χ3n) is 3.16. The van der Waals surface area contributed by atoms with E-state index in [0.29, 0.717) is 17.2 Å². The molecule has 0 aliphatic carbocycles. The molecule has 4 N–H and O–H groups in total. The largest absolute Gasteiger partial charge is 0.425 e. The molecular weight excluding hydrogens is 228 g/mol. The number of hydrogen-bond acceptors (Lipinski definition) is 4. The summed E-state index contributed by atoms with van der Waals surface area (Å²) >= 11 is 0. The second kappa shape index (κ2) is 2.98. The molecule has 2 aromatic heterocycles. The summed E-state index contributed by atoms with van der Waals surface area (Å²) in [5.41, 5.74) is 14.3. The minimum absolute atomic E-state index is 0.510. The Morgan fingerprint density at radius 1 is 0.722 bits per heavy atom. The Labute approximate surface area is 102 Å². The summed E-state index contributed by atoms with van der Waals surface area (Å²) in [7, 11) is 0. The number of nitrogens with two attached hydrogens (primary N) is 2. The lowest BCUT2D eigenvalue weighted by atomic mass is 10.1. The maximum Gasteiger partial charge on any atom is 0.299 e. The van der Waals surface area contributed by atoms with Crippen molar-refractivity contribution < 1.29 is 8.83 Å². The highest BCUT2D eigenvalue weighted by Crippen LogP contribution is 2.37. The summed E-state index contributed by atoms with van der Waals surface area (Å²) in [5, 5.41) is 2.98. The van der Waals surface area contributed by atoms with Gasteiger partial charge in [0.1, 0.15) is 11.2 Å². The fraction of sp³-hybridized carbons (Fsp3) is 0. The fourth-order valence-corrected chi connectivity index (χ4v) is 2.35. The van der Waals surface area contributed by atoms with E-state index < -0.39 is 0 Å². The van der Waals surface area contributed by atoms with Crippen molar-refractivity contribution in [1.82, 2.24) is 0 Å². The lowest BCUT2D eigenvalue weighted by Gasteiger charge is -1.94. The van der Waals surface area contributed by atoms with Crippen LogP contribution < -0.4 is 11.5 Å². The average Bonchev–Trinajstić information content (AvgIpc) is 2.82. The van der Waals surface area contributed by atoms with Crippen LogP contribution in [0.4, 0.5) is 11.4 Å². The molecule has 0 saturated carbocycles. The van der Waals surface area contributed by atoms with Crippen molar-refractivity contribution in [2.75, 3.05) is 11.5 Å². The van der Waals surface area contributed by atoms with E-state index in [1.165, 1.54) is 0 Å². The number of anilines is 2. The first-order valence-electron chi connectivity index (χ1n) is 5.62. The van der Waals surface area contributed by atoms with Crippen LogP contribution in [0.25, 0.3) is 33.1 Å². The number of furan rings is 2. The van der Waals surface area contributed by atoms with Crippen LogP contribution >= 0.6 is 0 Å². The number of hydrogen-bond donors (Lipinski definition) is 2. The molecule has 4 rings (SSSR count). The molecule has 0 spiro atoms. The Hall–Kier alpha value is -2.62. The fourth-order valence-electron chi connectivity index (χ4n) is 2.35. The lowest BCUT2D eigenvalue weighted by Crippen LogP contribution is -1.82. The van der Waals surface area contributed by atoms with Gasteiger partial charge in [0.25, 0.3) is 5.78 Å². The van der Waals surface area contributed by atoms with Gasteiger partial charge in [-0.1, -0.05) is 0 Å². The quantitative estimate of drug-likeness (QED) is 0.459. The lowest BCUT2D eigenvalue weighted by molar-refractivity contribution is 0.525. The molecule has 2 aromatic carbocycles. The molecule has 0 saturated heterocycles. The first kappa shape index (κ1) is 9.41. The standard InChI is InChI=1S/C14H10N2O2/c15-7-1-3-9-11(5-7)17-14-13(9)10-4-2-8(16)6-12(10)18-14/h1-6H,15-16H2. The molecule has 0 atom stereocenters. The number of rotatable bonds is 0. The molecule has 0 aliphatic heterocycles. The summed E-state index contributed by atoms with van der Waals surface area (Å²) in [5.74, 6) is 0.510. The minimum atomic E-state index is 0.510. The Morgan fingerprint density at radius 2 is 1.22 bits per heavy atom. The van der Waals surface area contributed by atoms with Crippen LogP contribution in [-0.4, -0.2) is 0 Å². The zero-order valence-electron chi connectivity index (χ0n) is 9.44. The molecule has 4 aromatic rings. The summed E-state index contributed by atoms with van der Waals surface area (Å²) < 4.78 is 11.3. The Bertz CT molecular complexity index is 831. The van der Waals surface area contributed by atoms with Crippen molar-refractivity contribution in [2.24, 2.45) is 0 Å². The van der Waals surface area contributed by atoms with Gasteiger partial charge in [-0.3, -0.25) is 0 Å². The van der Waals surface area contributed by atoms with Crippen LogP contribution in [0.15, 0.2) is 45.2 Å². The third-order valence-corrected chi connectivity index (χ3v) is 3.16. The Balaban J connectivity index is 2.25. The summed E-state index contributed by atoms with van der Waals surface area (Å²) in [4.78, 5) is 0. The van der Waals surface area contributed by atoms with Gasteiger partial charge in [-0.2, -0.15) is 0 Å². The van der Waals surface area contributed by atoms with Crippen molar-refractivity contribution in [3.05, 3.63) is 36.4 Å². The van der Waals surface area contributed by atoms with E-state index in [0.717, 1.165) is 27.3 Å². The van der Waals surface area contributed by atoms with Gasteiger partial charge in [-0.15, -0.1) is 0 Å². The smallest absolute Gasteiger partial charge is 0.299 e. The zero-order chi connectivity index (χ0) is 12.3. The van der Waals surface area contributed by atoms with Gasteiger partial charge in [0.2, 0.25) is 0 Å². The SMILES string of the molecule is Nc1ccc2c(c1)oc1oc3cc(N)ccc3c12. The molecule has 0 bridgehead atoms. The number of benzene rings is 2. The molecule has 0 aliphatic rings. The summed E-state index contributed by atoms with van der Waals surface area (Å²) in [6, 6.07) is 11.2. The highest BCUT2D eigenvalue weighted by atomic mass is 16.5. The predicted octanol–water partition coefficient (Wildman–Crippen LogP) is 3.50. The van der Waals surface area contributed by atoms with E-state index in [-0.39, 0.29) is 0 Å². The van der Waals surface area contributed by atoms with Gasteiger partial charge in [0.05, 0.1) is 5.39 Å². The van der Waals surface area contributed by atoms with Crippen LogP contribution in [0.1, 0.15) is 0 Å². The molecule has 0 fully saturated rings. The van der Waals surface area contributed by atoms with E-state index in [1.807, 2.05) is 24.3 Å². The number of nitrogen functional groups attached to an aromatic ring is 2. The topological polar surface area (TPSA) is 78.3 Å². The monoisotopic (exact) mass is 238 g/mol. The second-order valence-electron chi connectivity index (χ2n) is 4.38. The third kappa shape index (κ3) is 1.09. The van der Waals surface area contributed by atoms with Gasteiger partial charge in [-0.05, 0) is 24.3 Å².